The zero-order chi connectivity index (χ0) is 12.9. The lowest BCUT2D eigenvalue weighted by Gasteiger charge is -2.08. The van der Waals surface area contributed by atoms with E-state index in [-0.39, 0.29) is 5.75 Å². The number of hydrogen-bond acceptors (Lipinski definition) is 4. The van der Waals surface area contributed by atoms with Crippen LogP contribution in [0.5, 0.6) is 5.75 Å². The summed E-state index contributed by atoms with van der Waals surface area (Å²) in [6, 6.07) is 5.96. The van der Waals surface area contributed by atoms with Crippen molar-refractivity contribution in [1.82, 2.24) is 5.32 Å². The molecule has 96 valence electrons. The molecule has 0 saturated carbocycles. The minimum absolute atomic E-state index is 0.163. The zero-order valence-corrected chi connectivity index (χ0v) is 11.3. The van der Waals surface area contributed by atoms with Crippen LogP contribution < -0.4 is 10.1 Å². The monoisotopic (exact) mass is 257 g/mol. The van der Waals surface area contributed by atoms with Crippen LogP contribution in [0.2, 0.25) is 0 Å². The SMILES string of the molecule is COc1cc(CNCCS(C)(=O)=O)ccc1C. The first-order valence-electron chi connectivity index (χ1n) is 5.44. The minimum Gasteiger partial charge on any atom is -0.496 e. The molecule has 0 fully saturated rings. The van der Waals surface area contributed by atoms with E-state index in [0.29, 0.717) is 13.1 Å². The number of ether oxygens (including phenoxy) is 1. The van der Waals surface area contributed by atoms with E-state index in [1.807, 2.05) is 25.1 Å². The summed E-state index contributed by atoms with van der Waals surface area (Å²) < 4.78 is 27.1. The molecule has 5 heteroatoms. The highest BCUT2D eigenvalue weighted by Gasteiger charge is 2.02. The van der Waals surface area contributed by atoms with Gasteiger partial charge in [-0.15, -0.1) is 0 Å². The smallest absolute Gasteiger partial charge is 0.148 e. The van der Waals surface area contributed by atoms with Crippen molar-refractivity contribution in [3.63, 3.8) is 0 Å². The zero-order valence-electron chi connectivity index (χ0n) is 10.5. The normalized spacial score (nSPS) is 11.5. The van der Waals surface area contributed by atoms with Gasteiger partial charge in [-0.25, -0.2) is 8.42 Å². The van der Waals surface area contributed by atoms with E-state index in [0.717, 1.165) is 16.9 Å². The highest BCUT2D eigenvalue weighted by Crippen LogP contribution is 2.18. The molecule has 0 aliphatic heterocycles. The molecule has 1 aromatic carbocycles. The summed E-state index contributed by atoms with van der Waals surface area (Å²) in [5.74, 6) is 1.02. The number of methoxy groups -OCH3 is 1. The van der Waals surface area contributed by atoms with Crippen molar-refractivity contribution in [2.45, 2.75) is 13.5 Å². The summed E-state index contributed by atoms with van der Waals surface area (Å²) in [7, 11) is -1.24. The number of benzene rings is 1. The lowest BCUT2D eigenvalue weighted by atomic mass is 10.1. The number of sulfone groups is 1. The van der Waals surface area contributed by atoms with E-state index in [2.05, 4.69) is 5.32 Å². The predicted octanol–water partition coefficient (Wildman–Crippen LogP) is 1.14. The molecule has 1 aromatic rings. The Balaban J connectivity index is 2.47. The fraction of sp³-hybridized carbons (Fsp3) is 0.500. The van der Waals surface area contributed by atoms with E-state index < -0.39 is 9.84 Å². The molecule has 1 rings (SSSR count). The third-order valence-corrected chi connectivity index (χ3v) is 3.40. The molecule has 0 bridgehead atoms. The molecular formula is C12H19NO3S. The lowest BCUT2D eigenvalue weighted by molar-refractivity contribution is 0.411. The van der Waals surface area contributed by atoms with E-state index in [1.54, 1.807) is 7.11 Å². The number of rotatable bonds is 6. The molecule has 0 radical (unpaired) electrons. The maximum absolute atomic E-state index is 10.9. The summed E-state index contributed by atoms with van der Waals surface area (Å²) in [6.07, 6.45) is 1.24. The van der Waals surface area contributed by atoms with Gasteiger partial charge in [-0.1, -0.05) is 12.1 Å². The summed E-state index contributed by atoms with van der Waals surface area (Å²) >= 11 is 0. The minimum atomic E-state index is -2.89. The number of nitrogens with one attached hydrogen (secondary N) is 1. The van der Waals surface area contributed by atoms with E-state index >= 15 is 0 Å². The van der Waals surface area contributed by atoms with Gasteiger partial charge in [-0.05, 0) is 24.1 Å². The van der Waals surface area contributed by atoms with Crippen LogP contribution in [0.3, 0.4) is 0 Å². The summed E-state index contributed by atoms with van der Waals surface area (Å²) in [6.45, 7) is 3.10. The van der Waals surface area contributed by atoms with Gasteiger partial charge in [0.2, 0.25) is 0 Å². The Morgan fingerprint density at radius 1 is 1.35 bits per heavy atom. The van der Waals surface area contributed by atoms with Gasteiger partial charge in [0, 0.05) is 19.3 Å². The van der Waals surface area contributed by atoms with Gasteiger partial charge in [-0.2, -0.15) is 0 Å². The molecule has 1 N–H and O–H groups in total. The second-order valence-corrected chi connectivity index (χ2v) is 6.37. The van der Waals surface area contributed by atoms with Gasteiger partial charge in [0.15, 0.2) is 0 Å². The first-order chi connectivity index (χ1) is 7.92. The topological polar surface area (TPSA) is 55.4 Å². The highest BCUT2D eigenvalue weighted by atomic mass is 32.2. The molecule has 0 atom stereocenters. The van der Waals surface area contributed by atoms with Crippen LogP contribution in [0.1, 0.15) is 11.1 Å². The van der Waals surface area contributed by atoms with Crippen LogP contribution in [0, 0.1) is 6.92 Å². The molecule has 17 heavy (non-hydrogen) atoms. The highest BCUT2D eigenvalue weighted by molar-refractivity contribution is 7.90. The molecule has 0 heterocycles. The largest absolute Gasteiger partial charge is 0.496 e. The average Bonchev–Trinajstić information content (AvgIpc) is 2.25. The fourth-order valence-electron chi connectivity index (χ4n) is 1.46. The predicted molar refractivity (Wildman–Crippen MR) is 69.1 cm³/mol. The molecular weight excluding hydrogens is 238 g/mol. The Hall–Kier alpha value is -1.07. The molecule has 0 aromatic heterocycles. The first-order valence-corrected chi connectivity index (χ1v) is 7.50. The average molecular weight is 257 g/mol. The molecule has 0 amide bonds. The molecule has 0 aliphatic carbocycles. The lowest BCUT2D eigenvalue weighted by Crippen LogP contribution is -2.21. The van der Waals surface area contributed by atoms with Crippen LogP contribution in [-0.2, 0) is 16.4 Å². The van der Waals surface area contributed by atoms with E-state index in [9.17, 15) is 8.42 Å². The third kappa shape index (κ3) is 5.19. The maximum Gasteiger partial charge on any atom is 0.148 e. The van der Waals surface area contributed by atoms with Crippen LogP contribution in [0.15, 0.2) is 18.2 Å². The Kier molecular flexibility index (Phi) is 4.96. The van der Waals surface area contributed by atoms with Gasteiger partial charge in [0.05, 0.1) is 12.9 Å². The summed E-state index contributed by atoms with van der Waals surface area (Å²) in [5.41, 5.74) is 2.17. The molecule has 0 aliphatic rings. The molecule has 0 saturated heterocycles. The molecule has 4 nitrogen and oxygen atoms in total. The van der Waals surface area contributed by atoms with E-state index in [4.69, 9.17) is 4.74 Å². The standard InChI is InChI=1S/C12H19NO3S/c1-10-4-5-11(8-12(10)16-2)9-13-6-7-17(3,14)15/h4-5,8,13H,6-7,9H2,1-3H3. The van der Waals surface area contributed by atoms with Crippen LogP contribution in [0.4, 0.5) is 0 Å². The summed E-state index contributed by atoms with van der Waals surface area (Å²) in [4.78, 5) is 0. The van der Waals surface area contributed by atoms with Crippen molar-refractivity contribution in [3.8, 4) is 5.75 Å². The van der Waals surface area contributed by atoms with Gasteiger partial charge < -0.3 is 10.1 Å². The Morgan fingerprint density at radius 2 is 2.06 bits per heavy atom. The Morgan fingerprint density at radius 3 is 2.65 bits per heavy atom. The van der Waals surface area contributed by atoms with Crippen molar-refractivity contribution in [3.05, 3.63) is 29.3 Å². The second kappa shape index (κ2) is 6.02. The second-order valence-electron chi connectivity index (χ2n) is 4.11. The van der Waals surface area contributed by atoms with Crippen LogP contribution in [0.25, 0.3) is 0 Å². The summed E-state index contributed by atoms with van der Waals surface area (Å²) in [5, 5.41) is 3.09. The van der Waals surface area contributed by atoms with Crippen molar-refractivity contribution in [2.24, 2.45) is 0 Å². The van der Waals surface area contributed by atoms with Crippen LogP contribution >= 0.6 is 0 Å². The van der Waals surface area contributed by atoms with Crippen molar-refractivity contribution in [2.75, 3.05) is 25.7 Å². The fourth-order valence-corrected chi connectivity index (χ4v) is 1.98. The van der Waals surface area contributed by atoms with Crippen molar-refractivity contribution in [1.29, 1.82) is 0 Å². The maximum atomic E-state index is 10.9. The van der Waals surface area contributed by atoms with Gasteiger partial charge in [-0.3, -0.25) is 0 Å². The van der Waals surface area contributed by atoms with Gasteiger partial charge in [0.1, 0.15) is 15.6 Å². The molecule has 0 unspecified atom stereocenters. The Bertz CT molecular complexity index is 469. The quantitative estimate of drug-likeness (QED) is 0.776. The first kappa shape index (κ1) is 14.0. The third-order valence-electron chi connectivity index (χ3n) is 2.45. The van der Waals surface area contributed by atoms with Crippen molar-refractivity contribution >= 4 is 9.84 Å². The number of hydrogen-bond donors (Lipinski definition) is 1. The van der Waals surface area contributed by atoms with Gasteiger partial charge >= 0.3 is 0 Å². The molecule has 0 spiro atoms. The van der Waals surface area contributed by atoms with Gasteiger partial charge in [0.25, 0.3) is 0 Å². The van der Waals surface area contributed by atoms with Crippen LogP contribution in [-0.4, -0.2) is 34.1 Å². The Labute approximate surface area is 103 Å². The number of aryl methyl sites for hydroxylation is 1. The van der Waals surface area contributed by atoms with E-state index in [1.165, 1.54) is 6.26 Å². The van der Waals surface area contributed by atoms with Crippen molar-refractivity contribution < 1.29 is 13.2 Å².